The Morgan fingerprint density at radius 2 is 1.15 bits per heavy atom. The van der Waals surface area contributed by atoms with E-state index in [1.165, 1.54) is 27.5 Å². The average Bonchev–Trinajstić information content (AvgIpc) is 2.76. The Balaban J connectivity index is 2.01. The van der Waals surface area contributed by atoms with Gasteiger partial charge in [0.1, 0.15) is 0 Å². The van der Waals surface area contributed by atoms with E-state index in [0.29, 0.717) is 6.54 Å². The third-order valence-corrected chi connectivity index (χ3v) is 6.53. The van der Waals surface area contributed by atoms with Crippen LogP contribution in [0.3, 0.4) is 0 Å². The second-order valence-electron chi connectivity index (χ2n) is 6.61. The number of rotatable bonds is 6. The van der Waals surface area contributed by atoms with E-state index in [1.54, 1.807) is 0 Å². The molecule has 0 amide bonds. The Kier molecular flexibility index (Phi) is 5.28. The molecule has 2 heteroatoms. The smallest absolute Gasteiger partial charge is 0.0907 e. The lowest BCUT2D eigenvalue weighted by molar-refractivity contribution is 0.894. The molecule has 0 heterocycles. The molecule has 0 bridgehead atoms. The van der Waals surface area contributed by atoms with Crippen molar-refractivity contribution in [3.8, 4) is 0 Å². The Labute approximate surface area is 165 Å². The molecule has 4 rings (SSSR count). The van der Waals surface area contributed by atoms with Crippen LogP contribution in [0.15, 0.2) is 103 Å². The van der Waals surface area contributed by atoms with E-state index in [4.69, 9.17) is 5.73 Å². The number of thioether (sulfide) groups is 1. The fourth-order valence-corrected chi connectivity index (χ4v) is 5.04. The molecule has 0 aliphatic carbocycles. The highest BCUT2D eigenvalue weighted by Gasteiger charge is 2.36. The van der Waals surface area contributed by atoms with E-state index in [1.807, 2.05) is 11.8 Å². The summed E-state index contributed by atoms with van der Waals surface area (Å²) in [5.41, 5.74) is 9.79. The highest BCUT2D eigenvalue weighted by atomic mass is 32.2. The number of fused-ring (bicyclic) bond motifs is 1. The van der Waals surface area contributed by atoms with Crippen molar-refractivity contribution in [2.45, 2.75) is 4.75 Å². The van der Waals surface area contributed by atoms with Crippen LogP contribution in [0.2, 0.25) is 0 Å². The predicted octanol–water partition coefficient (Wildman–Crippen LogP) is 5.82. The topological polar surface area (TPSA) is 26.0 Å². The maximum atomic E-state index is 5.94. The van der Waals surface area contributed by atoms with Gasteiger partial charge in [0.2, 0.25) is 0 Å². The molecule has 2 N–H and O–H groups in total. The first-order valence-corrected chi connectivity index (χ1v) is 10.3. The van der Waals surface area contributed by atoms with Crippen molar-refractivity contribution in [2.75, 3.05) is 12.3 Å². The maximum absolute atomic E-state index is 5.94. The summed E-state index contributed by atoms with van der Waals surface area (Å²) in [5, 5.41) is 2.53. The molecule has 27 heavy (non-hydrogen) atoms. The lowest BCUT2D eigenvalue weighted by Crippen LogP contribution is -2.27. The lowest BCUT2D eigenvalue weighted by atomic mass is 9.83. The molecule has 134 valence electrons. The molecular formula is C25H23NS. The van der Waals surface area contributed by atoms with Crippen molar-refractivity contribution < 1.29 is 0 Å². The molecule has 0 aromatic heterocycles. The van der Waals surface area contributed by atoms with Crippen molar-refractivity contribution >= 4 is 22.5 Å². The second-order valence-corrected chi connectivity index (χ2v) is 7.92. The molecular weight excluding hydrogens is 346 g/mol. The van der Waals surface area contributed by atoms with Gasteiger partial charge in [-0.1, -0.05) is 97.1 Å². The van der Waals surface area contributed by atoms with Gasteiger partial charge in [-0.15, -0.1) is 11.8 Å². The Morgan fingerprint density at radius 1 is 0.593 bits per heavy atom. The summed E-state index contributed by atoms with van der Waals surface area (Å²) in [5.74, 6) is 0.886. The van der Waals surface area contributed by atoms with Crippen molar-refractivity contribution in [3.63, 3.8) is 0 Å². The van der Waals surface area contributed by atoms with Gasteiger partial charge in [-0.2, -0.15) is 0 Å². The molecule has 0 spiro atoms. The van der Waals surface area contributed by atoms with Gasteiger partial charge in [-0.25, -0.2) is 0 Å². The molecule has 0 aliphatic rings. The number of hydrogen-bond acceptors (Lipinski definition) is 2. The minimum absolute atomic E-state index is 0.286. The monoisotopic (exact) mass is 369 g/mol. The first kappa shape index (κ1) is 17.8. The zero-order valence-electron chi connectivity index (χ0n) is 15.2. The molecule has 4 aromatic rings. The minimum Gasteiger partial charge on any atom is -0.330 e. The Bertz CT molecular complexity index is 972. The van der Waals surface area contributed by atoms with Gasteiger partial charge in [-0.3, -0.25) is 0 Å². The van der Waals surface area contributed by atoms with E-state index in [9.17, 15) is 0 Å². The summed E-state index contributed by atoms with van der Waals surface area (Å²) < 4.78 is -0.286. The summed E-state index contributed by atoms with van der Waals surface area (Å²) in [6.45, 7) is 0.652. The fraction of sp³-hybridized carbons (Fsp3) is 0.120. The van der Waals surface area contributed by atoms with E-state index in [0.717, 1.165) is 5.75 Å². The summed E-state index contributed by atoms with van der Waals surface area (Å²) in [6.07, 6.45) is 0. The van der Waals surface area contributed by atoms with Crippen LogP contribution < -0.4 is 5.73 Å². The number of benzene rings is 4. The van der Waals surface area contributed by atoms with Crippen LogP contribution >= 0.6 is 11.8 Å². The summed E-state index contributed by atoms with van der Waals surface area (Å²) in [6, 6.07) is 36.9. The van der Waals surface area contributed by atoms with E-state index in [2.05, 4.69) is 103 Å². The molecule has 0 aliphatic heterocycles. The third-order valence-electron chi connectivity index (χ3n) is 4.95. The summed E-state index contributed by atoms with van der Waals surface area (Å²) in [7, 11) is 0. The third kappa shape index (κ3) is 3.39. The maximum Gasteiger partial charge on any atom is 0.0907 e. The molecule has 0 fully saturated rings. The van der Waals surface area contributed by atoms with Gasteiger partial charge in [0.15, 0.2) is 0 Å². The molecule has 0 radical (unpaired) electrons. The van der Waals surface area contributed by atoms with Gasteiger partial charge in [0.25, 0.3) is 0 Å². The van der Waals surface area contributed by atoms with Crippen LogP contribution in [0.4, 0.5) is 0 Å². The summed E-state index contributed by atoms with van der Waals surface area (Å²) in [4.78, 5) is 0. The first-order valence-electron chi connectivity index (χ1n) is 9.29. The van der Waals surface area contributed by atoms with Gasteiger partial charge in [0.05, 0.1) is 4.75 Å². The normalized spacial score (nSPS) is 11.6. The Morgan fingerprint density at radius 3 is 1.74 bits per heavy atom. The van der Waals surface area contributed by atoms with Crippen molar-refractivity contribution in [1.82, 2.24) is 0 Å². The van der Waals surface area contributed by atoms with Crippen LogP contribution in [-0.2, 0) is 4.75 Å². The van der Waals surface area contributed by atoms with Gasteiger partial charge >= 0.3 is 0 Å². The second kappa shape index (κ2) is 7.99. The molecule has 0 atom stereocenters. The summed E-state index contributed by atoms with van der Waals surface area (Å²) >= 11 is 1.91. The molecule has 0 saturated heterocycles. The van der Waals surface area contributed by atoms with Crippen molar-refractivity contribution in [1.29, 1.82) is 0 Å². The zero-order chi connectivity index (χ0) is 18.5. The van der Waals surface area contributed by atoms with Gasteiger partial charge < -0.3 is 5.73 Å². The van der Waals surface area contributed by atoms with Crippen molar-refractivity contribution in [3.05, 3.63) is 120 Å². The standard InChI is InChI=1S/C25H23NS/c26-17-18-27-25(22-11-3-1-4-12-22,23-13-5-2-6-14-23)24-16-15-20-9-7-8-10-21(20)19-24/h1-16,19H,17-18,26H2. The van der Waals surface area contributed by atoms with Crippen LogP contribution in [0.5, 0.6) is 0 Å². The minimum atomic E-state index is -0.286. The van der Waals surface area contributed by atoms with E-state index < -0.39 is 0 Å². The van der Waals surface area contributed by atoms with E-state index >= 15 is 0 Å². The first-order chi connectivity index (χ1) is 13.3. The quantitative estimate of drug-likeness (QED) is 0.433. The SMILES string of the molecule is NCCSC(c1ccccc1)(c1ccccc1)c1ccc2ccccc2c1. The highest BCUT2D eigenvalue weighted by Crippen LogP contribution is 2.48. The highest BCUT2D eigenvalue weighted by molar-refractivity contribution is 8.00. The average molecular weight is 370 g/mol. The molecule has 0 unspecified atom stereocenters. The molecule has 1 nitrogen and oxygen atoms in total. The predicted molar refractivity (Wildman–Crippen MR) is 118 cm³/mol. The Hall–Kier alpha value is -2.55. The van der Waals surface area contributed by atoms with Crippen LogP contribution in [0.25, 0.3) is 10.8 Å². The van der Waals surface area contributed by atoms with Crippen LogP contribution in [0.1, 0.15) is 16.7 Å². The van der Waals surface area contributed by atoms with Gasteiger partial charge in [-0.05, 0) is 33.5 Å². The number of nitrogens with two attached hydrogens (primary N) is 1. The van der Waals surface area contributed by atoms with Crippen LogP contribution in [-0.4, -0.2) is 12.3 Å². The fourth-order valence-electron chi connectivity index (χ4n) is 3.72. The largest absolute Gasteiger partial charge is 0.330 e. The number of hydrogen-bond donors (Lipinski definition) is 1. The van der Waals surface area contributed by atoms with Crippen molar-refractivity contribution in [2.24, 2.45) is 5.73 Å². The lowest BCUT2D eigenvalue weighted by Gasteiger charge is -2.35. The molecule has 0 saturated carbocycles. The zero-order valence-corrected chi connectivity index (χ0v) is 16.0. The van der Waals surface area contributed by atoms with Gasteiger partial charge in [0, 0.05) is 12.3 Å². The van der Waals surface area contributed by atoms with Crippen LogP contribution in [0, 0.1) is 0 Å². The van der Waals surface area contributed by atoms with E-state index in [-0.39, 0.29) is 4.75 Å². The molecule has 4 aromatic carbocycles.